The highest BCUT2D eigenvalue weighted by Gasteiger charge is 2.41. The lowest BCUT2D eigenvalue weighted by Crippen LogP contribution is -2.59. The van der Waals surface area contributed by atoms with Gasteiger partial charge in [0.1, 0.15) is 6.67 Å². The van der Waals surface area contributed by atoms with Gasteiger partial charge in [-0.15, -0.1) is 0 Å². The summed E-state index contributed by atoms with van der Waals surface area (Å²) in [7, 11) is 0. The summed E-state index contributed by atoms with van der Waals surface area (Å²) in [4.78, 5) is 2.25. The number of nitrogens with zero attached hydrogens (tertiary/aromatic N) is 1. The zero-order chi connectivity index (χ0) is 9.26. The largest absolute Gasteiger partial charge is 0.366 e. The van der Waals surface area contributed by atoms with Gasteiger partial charge in [-0.2, -0.15) is 0 Å². The van der Waals surface area contributed by atoms with Gasteiger partial charge in [0.05, 0.1) is 0 Å². The zero-order valence-corrected chi connectivity index (χ0v) is 7.67. The van der Waals surface area contributed by atoms with Crippen LogP contribution in [0, 0.1) is 0 Å². The van der Waals surface area contributed by atoms with E-state index >= 15 is 0 Å². The minimum absolute atomic E-state index is 0.404. The number of nitrogens with one attached hydrogen (secondary N) is 1. The number of alkyl halides is 1. The first-order valence-corrected chi connectivity index (χ1v) is 4.74. The van der Waals surface area contributed by atoms with Gasteiger partial charge in [0.25, 0.3) is 0 Å². The number of halogens is 1. The topological polar surface area (TPSA) is 15.3 Å². The van der Waals surface area contributed by atoms with Crippen LogP contribution in [0.3, 0.4) is 0 Å². The number of fused-ring (bicyclic) bond motifs is 1. The van der Waals surface area contributed by atoms with Gasteiger partial charge in [-0.05, 0) is 19.0 Å². The Hall–Kier alpha value is -0.830. The van der Waals surface area contributed by atoms with Crippen LogP contribution in [-0.2, 0) is 0 Å². The summed E-state index contributed by atoms with van der Waals surface area (Å²) >= 11 is 0. The molecule has 0 saturated carbocycles. The molecule has 0 radical (unpaired) electrons. The van der Waals surface area contributed by atoms with Gasteiger partial charge in [-0.25, -0.2) is 4.39 Å². The van der Waals surface area contributed by atoms with E-state index in [1.165, 1.54) is 12.5 Å². The first-order valence-electron chi connectivity index (χ1n) is 4.74. The first kappa shape index (κ1) is 8.75. The van der Waals surface area contributed by atoms with E-state index in [2.05, 4.69) is 16.8 Å². The second kappa shape index (κ2) is 3.50. The lowest BCUT2D eigenvalue weighted by Gasteiger charge is -2.46. The van der Waals surface area contributed by atoms with Crippen molar-refractivity contribution in [3.8, 4) is 0 Å². The fourth-order valence-electron chi connectivity index (χ4n) is 2.13. The predicted octanol–water partition coefficient (Wildman–Crippen LogP) is 1.07. The summed E-state index contributed by atoms with van der Waals surface area (Å²) in [5.74, 6) is 0. The third kappa shape index (κ3) is 1.48. The monoisotopic (exact) mass is 182 g/mol. The second-order valence-electron chi connectivity index (χ2n) is 3.62. The van der Waals surface area contributed by atoms with Gasteiger partial charge in [0.15, 0.2) is 0 Å². The molecule has 13 heavy (non-hydrogen) atoms. The van der Waals surface area contributed by atoms with Crippen molar-refractivity contribution in [2.45, 2.75) is 18.5 Å². The summed E-state index contributed by atoms with van der Waals surface area (Å²) in [6.45, 7) is 5.65. The molecule has 2 aliphatic rings. The van der Waals surface area contributed by atoms with Gasteiger partial charge in [-0.3, -0.25) is 0 Å². The second-order valence-corrected chi connectivity index (χ2v) is 3.62. The van der Waals surface area contributed by atoms with Crippen LogP contribution in [0.5, 0.6) is 0 Å². The lowest BCUT2D eigenvalue weighted by molar-refractivity contribution is 0.121. The van der Waals surface area contributed by atoms with Crippen LogP contribution in [-0.4, -0.2) is 36.7 Å². The maximum Gasteiger partial charge on any atom is 0.108 e. The van der Waals surface area contributed by atoms with Gasteiger partial charge < -0.3 is 10.2 Å². The number of hydrogen-bond donors (Lipinski definition) is 1. The standard InChI is InChI=1S/C10H15FN2/c1-8(3-2-5-11)13-7-9-10(13)4-6-12-9/h2-3,9-10,12H,1,4-7H2/b3-2+. The number of hydrogen-bond acceptors (Lipinski definition) is 2. The summed E-state index contributed by atoms with van der Waals surface area (Å²) < 4.78 is 11.8. The maximum absolute atomic E-state index is 11.8. The zero-order valence-electron chi connectivity index (χ0n) is 7.67. The molecule has 2 fully saturated rings. The molecule has 3 heteroatoms. The number of rotatable bonds is 3. The number of likely N-dealkylation sites (tertiary alicyclic amines) is 1. The molecular weight excluding hydrogens is 167 g/mol. The van der Waals surface area contributed by atoms with Gasteiger partial charge in [-0.1, -0.05) is 12.7 Å². The van der Waals surface area contributed by atoms with Crippen molar-refractivity contribution in [1.29, 1.82) is 0 Å². The van der Waals surface area contributed by atoms with E-state index in [0.29, 0.717) is 12.1 Å². The first-order chi connectivity index (χ1) is 6.33. The van der Waals surface area contributed by atoms with E-state index in [9.17, 15) is 4.39 Å². The van der Waals surface area contributed by atoms with Gasteiger partial charge in [0.2, 0.25) is 0 Å². The predicted molar refractivity (Wildman–Crippen MR) is 51.2 cm³/mol. The highest BCUT2D eigenvalue weighted by Crippen LogP contribution is 2.29. The van der Waals surface area contributed by atoms with Crippen LogP contribution in [0.25, 0.3) is 0 Å². The molecule has 2 saturated heterocycles. The Morgan fingerprint density at radius 3 is 3.23 bits per heavy atom. The summed E-state index contributed by atoms with van der Waals surface area (Å²) in [6, 6.07) is 1.26. The molecule has 0 aromatic heterocycles. The summed E-state index contributed by atoms with van der Waals surface area (Å²) in [5, 5.41) is 3.42. The van der Waals surface area contributed by atoms with Crippen molar-refractivity contribution < 1.29 is 4.39 Å². The van der Waals surface area contributed by atoms with Gasteiger partial charge in [0, 0.05) is 24.3 Å². The maximum atomic E-state index is 11.8. The molecule has 0 amide bonds. The Morgan fingerprint density at radius 2 is 2.54 bits per heavy atom. The molecule has 0 spiro atoms. The van der Waals surface area contributed by atoms with Crippen LogP contribution in [0.1, 0.15) is 6.42 Å². The van der Waals surface area contributed by atoms with Crippen LogP contribution < -0.4 is 5.32 Å². The SMILES string of the molecule is C=C(/C=C/CF)N1CC2NCCC21. The fourth-order valence-corrected chi connectivity index (χ4v) is 2.13. The Kier molecular flexibility index (Phi) is 2.36. The minimum atomic E-state index is -0.404. The van der Waals surface area contributed by atoms with E-state index in [1.807, 2.05) is 0 Å². The Morgan fingerprint density at radius 1 is 1.69 bits per heavy atom. The van der Waals surface area contributed by atoms with E-state index in [0.717, 1.165) is 18.8 Å². The Bertz CT molecular complexity index is 237. The molecule has 0 aliphatic carbocycles. The highest BCUT2D eigenvalue weighted by molar-refractivity contribution is 5.20. The third-order valence-electron chi connectivity index (χ3n) is 2.87. The van der Waals surface area contributed by atoms with Crippen molar-refractivity contribution in [1.82, 2.24) is 10.2 Å². The third-order valence-corrected chi connectivity index (χ3v) is 2.87. The average molecular weight is 182 g/mol. The van der Waals surface area contributed by atoms with E-state index in [-0.39, 0.29) is 0 Å². The van der Waals surface area contributed by atoms with E-state index in [1.54, 1.807) is 6.08 Å². The summed E-state index contributed by atoms with van der Waals surface area (Å²) in [5.41, 5.74) is 0.947. The van der Waals surface area contributed by atoms with Crippen molar-refractivity contribution in [3.05, 3.63) is 24.4 Å². The van der Waals surface area contributed by atoms with Crippen LogP contribution >= 0.6 is 0 Å². The Labute approximate surface area is 78.1 Å². The molecule has 2 rings (SSSR count). The molecule has 1 N–H and O–H groups in total. The molecule has 0 aromatic rings. The summed E-state index contributed by atoms with van der Waals surface area (Å²) in [6.07, 6.45) is 4.47. The molecule has 2 nitrogen and oxygen atoms in total. The molecule has 0 bridgehead atoms. The average Bonchev–Trinajstić information content (AvgIpc) is 2.44. The van der Waals surface area contributed by atoms with Gasteiger partial charge >= 0.3 is 0 Å². The molecule has 2 heterocycles. The van der Waals surface area contributed by atoms with Crippen molar-refractivity contribution in [2.75, 3.05) is 19.8 Å². The van der Waals surface area contributed by atoms with E-state index < -0.39 is 6.67 Å². The smallest absolute Gasteiger partial charge is 0.108 e. The van der Waals surface area contributed by atoms with E-state index in [4.69, 9.17) is 0 Å². The van der Waals surface area contributed by atoms with Crippen LogP contribution in [0.2, 0.25) is 0 Å². The van der Waals surface area contributed by atoms with Crippen LogP contribution in [0.15, 0.2) is 24.4 Å². The number of allylic oxidation sites excluding steroid dienone is 2. The molecule has 2 unspecified atom stereocenters. The molecule has 72 valence electrons. The highest BCUT2D eigenvalue weighted by atomic mass is 19.1. The quantitative estimate of drug-likeness (QED) is 0.657. The van der Waals surface area contributed by atoms with Crippen molar-refractivity contribution in [2.24, 2.45) is 0 Å². The molecule has 0 aromatic carbocycles. The molecule has 2 atom stereocenters. The lowest BCUT2D eigenvalue weighted by atomic mass is 9.97. The van der Waals surface area contributed by atoms with Crippen molar-refractivity contribution >= 4 is 0 Å². The minimum Gasteiger partial charge on any atom is -0.366 e. The molecule has 2 aliphatic heterocycles. The normalized spacial score (nSPS) is 31.9. The fraction of sp³-hybridized carbons (Fsp3) is 0.600. The van der Waals surface area contributed by atoms with Crippen LogP contribution in [0.4, 0.5) is 4.39 Å². The Balaban J connectivity index is 1.89. The molecular formula is C10H15FN2. The van der Waals surface area contributed by atoms with Crippen molar-refractivity contribution in [3.63, 3.8) is 0 Å².